The molecule has 1 fully saturated rings. The van der Waals surface area contributed by atoms with Crippen molar-refractivity contribution in [2.45, 2.75) is 6.54 Å². The lowest BCUT2D eigenvalue weighted by Gasteiger charge is -2.35. The molecule has 0 amide bonds. The Morgan fingerprint density at radius 2 is 1.68 bits per heavy atom. The highest BCUT2D eigenvalue weighted by Gasteiger charge is 2.22. The van der Waals surface area contributed by atoms with Gasteiger partial charge in [-0.1, -0.05) is 41.7 Å². The third-order valence-electron chi connectivity index (χ3n) is 7.27. The van der Waals surface area contributed by atoms with Gasteiger partial charge in [-0.25, -0.2) is 9.37 Å². The molecule has 1 aliphatic heterocycles. The summed E-state index contributed by atoms with van der Waals surface area (Å²) in [7, 11) is 6.30. The number of halogens is 1. The monoisotopic (exact) mass is 556 g/mol. The number of nitrogens with one attached hydrogen (secondary N) is 1. The first-order valence-corrected chi connectivity index (χ1v) is 14.3. The molecule has 0 spiro atoms. The molecule has 0 bridgehead atoms. The lowest BCUT2D eigenvalue weighted by molar-refractivity contribution is 0.313. The Morgan fingerprint density at radius 1 is 0.925 bits per heavy atom. The summed E-state index contributed by atoms with van der Waals surface area (Å²) in [6.45, 7) is 5.47. The number of anilines is 3. The van der Waals surface area contributed by atoms with E-state index in [1.165, 1.54) is 23.5 Å². The number of hydrogen-bond donors (Lipinski definition) is 1. The van der Waals surface area contributed by atoms with Gasteiger partial charge in [-0.15, -0.1) is 10.2 Å². The number of nitrogens with zero attached hydrogens (tertiary/aromatic N) is 7. The molecule has 1 aliphatic rings. The van der Waals surface area contributed by atoms with Crippen molar-refractivity contribution >= 4 is 38.9 Å². The lowest BCUT2D eigenvalue weighted by atomic mass is 10.2. The van der Waals surface area contributed by atoms with Crippen molar-refractivity contribution in [3.05, 3.63) is 72.5 Å². The second-order valence-electron chi connectivity index (χ2n) is 10.4. The van der Waals surface area contributed by atoms with Gasteiger partial charge in [0.05, 0.1) is 22.4 Å². The van der Waals surface area contributed by atoms with Crippen molar-refractivity contribution < 1.29 is 4.39 Å². The topological polar surface area (TPSA) is 65.4 Å². The predicted octanol–water partition coefficient (Wildman–Crippen LogP) is 5.42. The van der Waals surface area contributed by atoms with Crippen LogP contribution in [0.4, 0.5) is 20.9 Å². The average molecular weight is 557 g/mol. The molecule has 40 heavy (non-hydrogen) atoms. The summed E-state index contributed by atoms with van der Waals surface area (Å²) >= 11 is 1.53. The molecular formula is C30H33FN8S. The lowest BCUT2D eigenvalue weighted by Crippen LogP contribution is -2.44. The van der Waals surface area contributed by atoms with E-state index in [1.54, 1.807) is 12.1 Å². The van der Waals surface area contributed by atoms with Gasteiger partial charge >= 0.3 is 0 Å². The largest absolute Gasteiger partial charge is 0.367 e. The van der Waals surface area contributed by atoms with Crippen molar-refractivity contribution in [2.75, 3.05) is 64.1 Å². The zero-order valence-electron chi connectivity index (χ0n) is 23.0. The maximum Gasteiger partial charge on any atom is 0.210 e. The summed E-state index contributed by atoms with van der Waals surface area (Å²) in [6, 6.07) is 21.1. The summed E-state index contributed by atoms with van der Waals surface area (Å²) < 4.78 is 16.0. The van der Waals surface area contributed by atoms with Crippen LogP contribution in [-0.2, 0) is 6.54 Å². The molecule has 6 rings (SSSR count). The Balaban J connectivity index is 1.45. The molecule has 8 nitrogen and oxygen atoms in total. The number of likely N-dealkylation sites (N-methyl/N-ethyl adjacent to an activating group) is 2. The van der Waals surface area contributed by atoms with Crippen LogP contribution in [0.25, 0.3) is 33.0 Å². The van der Waals surface area contributed by atoms with Gasteiger partial charge in [0.15, 0.2) is 0 Å². The number of aromatic nitrogens is 4. The van der Waals surface area contributed by atoms with Crippen molar-refractivity contribution in [1.29, 1.82) is 0 Å². The van der Waals surface area contributed by atoms with Gasteiger partial charge < -0.3 is 24.6 Å². The van der Waals surface area contributed by atoms with E-state index in [0.717, 1.165) is 88.8 Å². The number of piperazine rings is 1. The number of fused-ring (bicyclic) bond motifs is 1. The first kappa shape index (κ1) is 26.4. The molecular weight excluding hydrogens is 523 g/mol. The van der Waals surface area contributed by atoms with Gasteiger partial charge in [-0.3, -0.25) is 0 Å². The smallest absolute Gasteiger partial charge is 0.210 e. The number of benzene rings is 3. The maximum atomic E-state index is 13.8. The summed E-state index contributed by atoms with van der Waals surface area (Å²) in [5, 5.41) is 14.1. The van der Waals surface area contributed by atoms with Crippen LogP contribution in [-0.4, -0.2) is 83.4 Å². The zero-order valence-corrected chi connectivity index (χ0v) is 23.8. The highest BCUT2D eigenvalue weighted by molar-refractivity contribution is 7.18. The normalized spacial score (nSPS) is 14.4. The van der Waals surface area contributed by atoms with Crippen LogP contribution in [0, 0.1) is 5.82 Å². The molecule has 0 radical (unpaired) electrons. The van der Waals surface area contributed by atoms with Crippen LogP contribution in [0.15, 0.2) is 66.7 Å². The van der Waals surface area contributed by atoms with E-state index >= 15 is 0 Å². The molecule has 0 unspecified atom stereocenters. The molecule has 1 N–H and O–H groups in total. The SMILES string of the molecule is CN(C)CCn1c(-c2ccc(F)cc2)nc2cc(Nc3nnc(-c4ccccc4)s3)c(N3CCN(C)CC3)cc21. The van der Waals surface area contributed by atoms with Gasteiger partial charge in [-0.05, 0) is 57.5 Å². The quantitative estimate of drug-likeness (QED) is 0.274. The Bertz CT molecular complexity index is 1590. The molecule has 206 valence electrons. The zero-order chi connectivity index (χ0) is 27.6. The first-order valence-electron chi connectivity index (χ1n) is 13.5. The van der Waals surface area contributed by atoms with Gasteiger partial charge in [0.25, 0.3) is 0 Å². The van der Waals surface area contributed by atoms with Gasteiger partial charge in [-0.2, -0.15) is 0 Å². The molecule has 1 saturated heterocycles. The second kappa shape index (κ2) is 11.3. The minimum Gasteiger partial charge on any atom is -0.367 e. The third-order valence-corrected chi connectivity index (χ3v) is 8.16. The third kappa shape index (κ3) is 5.56. The fourth-order valence-corrected chi connectivity index (χ4v) is 5.76. The second-order valence-corrected chi connectivity index (χ2v) is 11.4. The van der Waals surface area contributed by atoms with E-state index in [9.17, 15) is 4.39 Å². The highest BCUT2D eigenvalue weighted by atomic mass is 32.1. The molecule has 0 saturated carbocycles. The molecule has 0 atom stereocenters. The van der Waals surface area contributed by atoms with E-state index in [-0.39, 0.29) is 5.82 Å². The summed E-state index contributed by atoms with van der Waals surface area (Å²) in [4.78, 5) is 12.0. The highest BCUT2D eigenvalue weighted by Crippen LogP contribution is 2.37. The minimum atomic E-state index is -0.254. The Kier molecular flexibility index (Phi) is 7.46. The van der Waals surface area contributed by atoms with Crippen LogP contribution in [0.2, 0.25) is 0 Å². The summed E-state index contributed by atoms with van der Waals surface area (Å²) in [6.07, 6.45) is 0. The summed E-state index contributed by atoms with van der Waals surface area (Å²) in [5.74, 6) is 0.580. The fraction of sp³-hybridized carbons (Fsp3) is 0.300. The van der Waals surface area contributed by atoms with E-state index in [1.807, 2.05) is 30.3 Å². The van der Waals surface area contributed by atoms with Crippen LogP contribution < -0.4 is 10.2 Å². The Labute approximate surface area is 237 Å². The molecule has 3 heterocycles. The van der Waals surface area contributed by atoms with Gasteiger partial charge in [0, 0.05) is 50.4 Å². The average Bonchev–Trinajstić information content (AvgIpc) is 3.57. The standard InChI is InChI=1S/C30H33FN8S/c1-36(2)13-18-39-27-20-26(38-16-14-37(3)15-17-38)24(19-25(27)32-28(39)21-9-11-23(31)12-10-21)33-30-35-34-29(40-30)22-7-5-4-6-8-22/h4-12,19-20H,13-18H2,1-3H3,(H,33,35). The minimum absolute atomic E-state index is 0.254. The van der Waals surface area contributed by atoms with E-state index in [4.69, 9.17) is 4.98 Å². The van der Waals surface area contributed by atoms with Crippen LogP contribution in [0.5, 0.6) is 0 Å². The number of rotatable bonds is 8. The van der Waals surface area contributed by atoms with Gasteiger partial charge in [0.1, 0.15) is 16.6 Å². The van der Waals surface area contributed by atoms with Crippen molar-refractivity contribution in [3.8, 4) is 22.0 Å². The number of imidazole rings is 1. The first-order chi connectivity index (χ1) is 19.4. The van der Waals surface area contributed by atoms with Crippen molar-refractivity contribution in [2.24, 2.45) is 0 Å². The summed E-state index contributed by atoms with van der Waals surface area (Å²) in [5.41, 5.74) is 5.95. The Hall–Kier alpha value is -3.86. The van der Waals surface area contributed by atoms with Crippen LogP contribution in [0.3, 0.4) is 0 Å². The van der Waals surface area contributed by atoms with Crippen LogP contribution >= 0.6 is 11.3 Å². The predicted molar refractivity (Wildman–Crippen MR) is 162 cm³/mol. The fourth-order valence-electron chi connectivity index (χ4n) is 5.00. The molecule has 3 aromatic carbocycles. The van der Waals surface area contributed by atoms with Crippen molar-refractivity contribution in [1.82, 2.24) is 29.5 Å². The van der Waals surface area contributed by atoms with Crippen molar-refractivity contribution in [3.63, 3.8) is 0 Å². The Morgan fingerprint density at radius 3 is 2.40 bits per heavy atom. The molecule has 10 heteroatoms. The molecule has 5 aromatic rings. The number of hydrogen-bond acceptors (Lipinski definition) is 8. The molecule has 2 aromatic heterocycles. The van der Waals surface area contributed by atoms with E-state index in [2.05, 4.69) is 68.1 Å². The molecule has 0 aliphatic carbocycles. The van der Waals surface area contributed by atoms with Crippen LogP contribution in [0.1, 0.15) is 0 Å². The van der Waals surface area contributed by atoms with E-state index < -0.39 is 0 Å². The maximum absolute atomic E-state index is 13.8. The van der Waals surface area contributed by atoms with Gasteiger partial charge in [0.2, 0.25) is 5.13 Å². The van der Waals surface area contributed by atoms with E-state index in [0.29, 0.717) is 0 Å².